The van der Waals surface area contributed by atoms with Crippen molar-refractivity contribution in [3.05, 3.63) is 47.3 Å². The lowest BCUT2D eigenvalue weighted by atomic mass is 10.0. The van der Waals surface area contributed by atoms with Gasteiger partial charge in [0.05, 0.1) is 6.54 Å². The van der Waals surface area contributed by atoms with E-state index in [1.807, 2.05) is 13.0 Å². The van der Waals surface area contributed by atoms with Gasteiger partial charge in [-0.15, -0.1) is 0 Å². The number of benzene rings is 1. The number of rotatable bonds is 2. The van der Waals surface area contributed by atoms with E-state index in [0.29, 0.717) is 0 Å². The standard InChI is InChI=1S/C14H16N2O/c1-11-9-13(15-17-11)10-16-8-4-6-12-5-2-3-7-14(12)16/h2-3,5,7,9H,4,6,8,10H2,1H3. The summed E-state index contributed by atoms with van der Waals surface area (Å²) in [4.78, 5) is 2.39. The van der Waals surface area contributed by atoms with Crippen molar-refractivity contribution in [2.45, 2.75) is 26.3 Å². The maximum absolute atomic E-state index is 5.12. The summed E-state index contributed by atoms with van der Waals surface area (Å²) < 4.78 is 5.12. The quantitative estimate of drug-likeness (QED) is 0.791. The van der Waals surface area contributed by atoms with Crippen LogP contribution in [0.3, 0.4) is 0 Å². The van der Waals surface area contributed by atoms with Crippen LogP contribution in [0.2, 0.25) is 0 Å². The van der Waals surface area contributed by atoms with Crippen LogP contribution in [0.4, 0.5) is 5.69 Å². The Morgan fingerprint density at radius 3 is 3.06 bits per heavy atom. The molecule has 1 aromatic carbocycles. The van der Waals surface area contributed by atoms with Gasteiger partial charge in [0.25, 0.3) is 0 Å². The zero-order valence-electron chi connectivity index (χ0n) is 10.0. The van der Waals surface area contributed by atoms with Crippen molar-refractivity contribution in [1.29, 1.82) is 0 Å². The predicted molar refractivity (Wildman–Crippen MR) is 67.1 cm³/mol. The maximum atomic E-state index is 5.12. The summed E-state index contributed by atoms with van der Waals surface area (Å²) in [6.07, 6.45) is 2.40. The van der Waals surface area contributed by atoms with Crippen molar-refractivity contribution < 1.29 is 4.52 Å². The van der Waals surface area contributed by atoms with Crippen LogP contribution >= 0.6 is 0 Å². The van der Waals surface area contributed by atoms with Gasteiger partial charge in [-0.1, -0.05) is 23.4 Å². The molecule has 0 spiro atoms. The minimum Gasteiger partial charge on any atom is -0.365 e. The summed E-state index contributed by atoms with van der Waals surface area (Å²) in [5.74, 6) is 0.880. The second-order valence-corrected chi connectivity index (χ2v) is 4.58. The van der Waals surface area contributed by atoms with Crippen molar-refractivity contribution in [2.75, 3.05) is 11.4 Å². The summed E-state index contributed by atoms with van der Waals surface area (Å²) >= 11 is 0. The fourth-order valence-corrected chi connectivity index (χ4v) is 2.46. The van der Waals surface area contributed by atoms with E-state index in [0.717, 1.165) is 24.5 Å². The van der Waals surface area contributed by atoms with Gasteiger partial charge < -0.3 is 9.42 Å². The molecule has 0 fully saturated rings. The van der Waals surface area contributed by atoms with Crippen molar-refractivity contribution in [3.63, 3.8) is 0 Å². The van der Waals surface area contributed by atoms with E-state index in [1.165, 1.54) is 24.1 Å². The van der Waals surface area contributed by atoms with Crippen LogP contribution < -0.4 is 4.90 Å². The molecule has 88 valence electrons. The summed E-state index contributed by atoms with van der Waals surface area (Å²) in [5, 5.41) is 4.07. The number of hydrogen-bond acceptors (Lipinski definition) is 3. The number of aryl methyl sites for hydroxylation is 2. The third kappa shape index (κ3) is 2.05. The Kier molecular flexibility index (Phi) is 2.59. The predicted octanol–water partition coefficient (Wildman–Crippen LogP) is 2.94. The molecule has 3 heteroatoms. The van der Waals surface area contributed by atoms with Gasteiger partial charge in [0.15, 0.2) is 0 Å². The molecule has 2 aromatic rings. The first-order chi connectivity index (χ1) is 8.33. The molecule has 0 saturated carbocycles. The number of fused-ring (bicyclic) bond motifs is 1. The summed E-state index contributed by atoms with van der Waals surface area (Å²) in [6.45, 7) is 3.87. The van der Waals surface area contributed by atoms with Crippen LogP contribution in [0, 0.1) is 6.92 Å². The number of nitrogens with zero attached hydrogens (tertiary/aromatic N) is 2. The Morgan fingerprint density at radius 1 is 1.35 bits per heavy atom. The van der Waals surface area contributed by atoms with E-state index in [4.69, 9.17) is 4.52 Å². The van der Waals surface area contributed by atoms with Crippen LogP contribution in [0.25, 0.3) is 0 Å². The molecule has 0 bridgehead atoms. The number of para-hydroxylation sites is 1. The zero-order chi connectivity index (χ0) is 11.7. The molecule has 0 amide bonds. The molecule has 0 radical (unpaired) electrons. The van der Waals surface area contributed by atoms with Gasteiger partial charge >= 0.3 is 0 Å². The van der Waals surface area contributed by atoms with Crippen LogP contribution in [-0.4, -0.2) is 11.7 Å². The van der Waals surface area contributed by atoms with Crippen LogP contribution in [0.1, 0.15) is 23.4 Å². The fourth-order valence-electron chi connectivity index (χ4n) is 2.46. The highest BCUT2D eigenvalue weighted by Crippen LogP contribution is 2.27. The third-order valence-electron chi connectivity index (χ3n) is 3.24. The molecule has 3 nitrogen and oxygen atoms in total. The Morgan fingerprint density at radius 2 is 2.24 bits per heavy atom. The van der Waals surface area contributed by atoms with Crippen molar-refractivity contribution in [2.24, 2.45) is 0 Å². The molecule has 2 heterocycles. The van der Waals surface area contributed by atoms with Gasteiger partial charge in [-0.2, -0.15) is 0 Å². The molecule has 17 heavy (non-hydrogen) atoms. The fraction of sp³-hybridized carbons (Fsp3) is 0.357. The lowest BCUT2D eigenvalue weighted by Gasteiger charge is -2.30. The van der Waals surface area contributed by atoms with Crippen molar-refractivity contribution in [3.8, 4) is 0 Å². The Bertz CT molecular complexity index is 518. The smallest absolute Gasteiger partial charge is 0.133 e. The topological polar surface area (TPSA) is 29.3 Å². The van der Waals surface area contributed by atoms with Gasteiger partial charge in [0.2, 0.25) is 0 Å². The zero-order valence-corrected chi connectivity index (χ0v) is 10.0. The summed E-state index contributed by atoms with van der Waals surface area (Å²) in [5.41, 5.74) is 3.80. The summed E-state index contributed by atoms with van der Waals surface area (Å²) in [6, 6.07) is 10.6. The van der Waals surface area contributed by atoms with E-state index >= 15 is 0 Å². The second kappa shape index (κ2) is 4.24. The SMILES string of the molecule is Cc1cc(CN2CCCc3ccccc32)no1. The first-order valence-corrected chi connectivity index (χ1v) is 6.08. The Hall–Kier alpha value is -1.77. The van der Waals surface area contributed by atoms with E-state index in [-0.39, 0.29) is 0 Å². The molecule has 1 aromatic heterocycles. The van der Waals surface area contributed by atoms with E-state index in [2.05, 4.69) is 34.3 Å². The lowest BCUT2D eigenvalue weighted by Crippen LogP contribution is -2.28. The maximum Gasteiger partial charge on any atom is 0.133 e. The summed E-state index contributed by atoms with van der Waals surface area (Å²) in [7, 11) is 0. The van der Waals surface area contributed by atoms with Crippen molar-refractivity contribution in [1.82, 2.24) is 5.16 Å². The number of aromatic nitrogens is 1. The van der Waals surface area contributed by atoms with Crippen molar-refractivity contribution >= 4 is 5.69 Å². The monoisotopic (exact) mass is 228 g/mol. The van der Waals surface area contributed by atoms with Crippen LogP contribution in [0.5, 0.6) is 0 Å². The minimum atomic E-state index is 0.842. The number of anilines is 1. The first kappa shape index (κ1) is 10.4. The van der Waals surface area contributed by atoms with Gasteiger partial charge in [-0.05, 0) is 31.4 Å². The molecular formula is C14H16N2O. The van der Waals surface area contributed by atoms with Gasteiger partial charge in [0.1, 0.15) is 11.5 Å². The molecule has 0 N–H and O–H groups in total. The molecule has 0 saturated heterocycles. The van der Waals surface area contributed by atoms with Crippen LogP contribution in [0.15, 0.2) is 34.9 Å². The van der Waals surface area contributed by atoms with Gasteiger partial charge in [-0.3, -0.25) is 0 Å². The molecule has 3 rings (SSSR count). The third-order valence-corrected chi connectivity index (χ3v) is 3.24. The first-order valence-electron chi connectivity index (χ1n) is 6.08. The number of hydrogen-bond donors (Lipinski definition) is 0. The Labute approximate surface area is 101 Å². The highest BCUT2D eigenvalue weighted by atomic mass is 16.5. The van der Waals surface area contributed by atoms with Gasteiger partial charge in [-0.25, -0.2) is 0 Å². The molecule has 1 aliphatic rings. The molecule has 1 aliphatic heterocycles. The molecule has 0 aliphatic carbocycles. The van der Waals surface area contributed by atoms with Gasteiger partial charge in [0, 0.05) is 18.3 Å². The van der Waals surface area contributed by atoms with Crippen LogP contribution in [-0.2, 0) is 13.0 Å². The van der Waals surface area contributed by atoms with E-state index in [9.17, 15) is 0 Å². The lowest BCUT2D eigenvalue weighted by molar-refractivity contribution is 0.389. The second-order valence-electron chi connectivity index (χ2n) is 4.58. The minimum absolute atomic E-state index is 0.842. The highest BCUT2D eigenvalue weighted by Gasteiger charge is 2.17. The molecule has 0 atom stereocenters. The highest BCUT2D eigenvalue weighted by molar-refractivity contribution is 5.55. The average Bonchev–Trinajstić information content (AvgIpc) is 2.75. The van der Waals surface area contributed by atoms with E-state index in [1.54, 1.807) is 0 Å². The van der Waals surface area contributed by atoms with E-state index < -0.39 is 0 Å². The largest absolute Gasteiger partial charge is 0.365 e. The average molecular weight is 228 g/mol. The molecule has 0 unspecified atom stereocenters. The molecular weight excluding hydrogens is 212 g/mol. The normalized spacial score (nSPS) is 14.8. The Balaban J connectivity index is 1.85.